The van der Waals surface area contributed by atoms with Crippen molar-refractivity contribution in [1.29, 1.82) is 0 Å². The van der Waals surface area contributed by atoms with Crippen molar-refractivity contribution in [2.75, 3.05) is 19.8 Å². The van der Waals surface area contributed by atoms with Crippen molar-refractivity contribution in [3.8, 4) is 5.75 Å². The Hall–Kier alpha value is -4.98. The fraction of sp³-hybridized carbons (Fsp3) is 0.500. The molecule has 1 unspecified atom stereocenters. The van der Waals surface area contributed by atoms with Gasteiger partial charge in [-0.05, 0) is 6.07 Å². The quantitative estimate of drug-likeness (QED) is 0.116. The van der Waals surface area contributed by atoms with Crippen molar-refractivity contribution < 1.29 is 44.1 Å². The largest absolute Gasteiger partial charge is 0.597 e. The fourth-order valence-electron chi connectivity index (χ4n) is 1.90. The number of rotatable bonds is 14. The molecule has 0 heterocycles. The standard InChI is InChI=1S/C12H13N7O14/c1-12(17(25)26,18(27)28)7-32-13-14(20)5-9(33-19(29)30)6-31-11-3-2-8(15(21)22)4-10(11)16(23)24/h2-4,9H,5-7H2,1H3/b14-13-. The Bertz CT molecular complexity index is 967. The molecule has 1 aromatic rings. The molecule has 0 N–H and O–H groups in total. The minimum absolute atomic E-state index is 0.401. The summed E-state index contributed by atoms with van der Waals surface area (Å²) in [5.74, 6) is -0.541. The molecule has 1 aromatic carbocycles. The molecule has 1 rings (SSSR count). The number of hydrogen-bond acceptors (Lipinski definition) is 15. The summed E-state index contributed by atoms with van der Waals surface area (Å²) >= 11 is 0. The average Bonchev–Trinajstić information content (AvgIpc) is 2.70. The van der Waals surface area contributed by atoms with Gasteiger partial charge in [-0.1, -0.05) is 4.86 Å². The third kappa shape index (κ3) is 7.34. The Kier molecular flexibility index (Phi) is 8.58. The fourth-order valence-corrected chi connectivity index (χ4v) is 1.90. The van der Waals surface area contributed by atoms with Crippen LogP contribution in [0.3, 0.4) is 0 Å². The van der Waals surface area contributed by atoms with Gasteiger partial charge in [0.1, 0.15) is 16.5 Å². The molecule has 0 aliphatic rings. The maximum Gasteiger partial charge on any atom is 0.491 e. The Morgan fingerprint density at radius 2 is 1.58 bits per heavy atom. The van der Waals surface area contributed by atoms with E-state index in [1.165, 1.54) is 0 Å². The second-order valence-corrected chi connectivity index (χ2v) is 6.05. The summed E-state index contributed by atoms with van der Waals surface area (Å²) < 4.78 is 5.00. The molecule has 1 atom stereocenters. The Balaban J connectivity index is 2.91. The number of nitro groups is 4. The number of ether oxygens (including phenoxy) is 1. The molecular formula is C12H13N7O14. The predicted octanol–water partition coefficient (Wildman–Crippen LogP) is 0.622. The minimum atomic E-state index is -2.83. The SMILES string of the molecule is CC(CO/N=[N+](\[O-])CC(COc1ccc([N+](=O)[O-])cc1[N+](=O)[O-])O[N+](=O)[O-])([N+](=O)[O-])[N+](=O)[O-]. The Morgan fingerprint density at radius 1 is 0.970 bits per heavy atom. The van der Waals surface area contributed by atoms with Crippen molar-refractivity contribution in [2.45, 2.75) is 18.7 Å². The van der Waals surface area contributed by atoms with Gasteiger partial charge in [-0.2, -0.15) is 0 Å². The normalized spacial score (nSPS) is 12.3. The highest BCUT2D eigenvalue weighted by Gasteiger charge is 2.52. The van der Waals surface area contributed by atoms with Crippen LogP contribution in [0.2, 0.25) is 0 Å². The molecule has 0 saturated carbocycles. The first-order valence-electron chi connectivity index (χ1n) is 8.21. The van der Waals surface area contributed by atoms with Crippen LogP contribution in [0.15, 0.2) is 23.5 Å². The molecule has 0 aliphatic carbocycles. The maximum absolute atomic E-state index is 11.7. The van der Waals surface area contributed by atoms with E-state index in [0.29, 0.717) is 13.0 Å². The van der Waals surface area contributed by atoms with Gasteiger partial charge in [0.25, 0.3) is 17.4 Å². The van der Waals surface area contributed by atoms with Crippen LogP contribution >= 0.6 is 0 Å². The van der Waals surface area contributed by atoms with Crippen LogP contribution < -0.4 is 4.74 Å². The van der Waals surface area contributed by atoms with Gasteiger partial charge in [0.2, 0.25) is 17.9 Å². The van der Waals surface area contributed by atoms with Gasteiger partial charge in [-0.3, -0.25) is 40.5 Å². The third-order valence-electron chi connectivity index (χ3n) is 3.64. The van der Waals surface area contributed by atoms with Gasteiger partial charge >= 0.3 is 11.4 Å². The first-order valence-corrected chi connectivity index (χ1v) is 8.21. The zero-order chi connectivity index (χ0) is 25.3. The molecule has 0 bridgehead atoms. The zero-order valence-corrected chi connectivity index (χ0v) is 16.3. The second-order valence-electron chi connectivity index (χ2n) is 6.05. The van der Waals surface area contributed by atoms with Crippen LogP contribution in [0.25, 0.3) is 0 Å². The molecule has 0 radical (unpaired) electrons. The number of benzene rings is 1. The molecule has 0 saturated heterocycles. The average molecular weight is 479 g/mol. The molecule has 21 heteroatoms. The summed E-state index contributed by atoms with van der Waals surface area (Å²) in [5.41, 5.74) is -4.32. The Labute approximate surface area is 180 Å². The topological polar surface area (TPSA) is 282 Å². The smallest absolute Gasteiger partial charge is 0.491 e. The highest BCUT2D eigenvalue weighted by Crippen LogP contribution is 2.31. The first-order chi connectivity index (χ1) is 15.3. The van der Waals surface area contributed by atoms with Gasteiger partial charge in [-0.25, -0.2) is 0 Å². The number of hydroxylamine groups is 1. The van der Waals surface area contributed by atoms with Crippen LogP contribution in [0.4, 0.5) is 11.4 Å². The maximum atomic E-state index is 11.7. The number of hydrogen-bond donors (Lipinski definition) is 0. The van der Waals surface area contributed by atoms with E-state index in [4.69, 9.17) is 4.74 Å². The van der Waals surface area contributed by atoms with Crippen molar-refractivity contribution in [3.05, 3.63) is 74.0 Å². The lowest BCUT2D eigenvalue weighted by Crippen LogP contribution is -2.47. The number of nitro benzene ring substituents is 2. The lowest BCUT2D eigenvalue weighted by atomic mass is 10.2. The number of non-ortho nitro benzene ring substituents is 1. The summed E-state index contributed by atoms with van der Waals surface area (Å²) in [6.45, 7) is -2.57. The van der Waals surface area contributed by atoms with E-state index in [2.05, 4.69) is 15.0 Å². The molecule has 0 aliphatic heterocycles. The van der Waals surface area contributed by atoms with Gasteiger partial charge in [-0.15, -0.1) is 10.1 Å². The molecule has 180 valence electrons. The molecule has 0 aromatic heterocycles. The second kappa shape index (κ2) is 10.9. The van der Waals surface area contributed by atoms with Crippen LogP contribution in [0.5, 0.6) is 5.75 Å². The molecule has 0 amide bonds. The minimum Gasteiger partial charge on any atom is -0.597 e. The highest BCUT2D eigenvalue weighted by atomic mass is 17.0. The van der Waals surface area contributed by atoms with Crippen molar-refractivity contribution >= 4 is 11.4 Å². The van der Waals surface area contributed by atoms with Gasteiger partial charge in [0.05, 0.1) is 22.8 Å². The van der Waals surface area contributed by atoms with Crippen molar-refractivity contribution in [2.24, 2.45) is 5.28 Å². The summed E-state index contributed by atoms with van der Waals surface area (Å²) in [5, 5.41) is 67.1. The van der Waals surface area contributed by atoms with E-state index in [0.717, 1.165) is 12.1 Å². The van der Waals surface area contributed by atoms with Crippen molar-refractivity contribution in [1.82, 2.24) is 0 Å². The summed E-state index contributed by atoms with van der Waals surface area (Å²) in [6.07, 6.45) is -1.75. The number of nitrogens with zero attached hydrogens (tertiary/aromatic N) is 7. The van der Waals surface area contributed by atoms with E-state index >= 15 is 0 Å². The monoisotopic (exact) mass is 479 g/mol. The van der Waals surface area contributed by atoms with E-state index in [1.807, 2.05) is 0 Å². The van der Waals surface area contributed by atoms with Gasteiger partial charge < -0.3 is 19.6 Å². The molecule has 0 spiro atoms. The van der Waals surface area contributed by atoms with Crippen LogP contribution in [-0.4, -0.2) is 61.2 Å². The zero-order valence-electron chi connectivity index (χ0n) is 16.3. The van der Waals surface area contributed by atoms with Crippen LogP contribution in [-0.2, 0) is 9.68 Å². The molecular weight excluding hydrogens is 466 g/mol. The molecule has 0 fully saturated rings. The summed E-state index contributed by atoms with van der Waals surface area (Å²) in [7, 11) is 0. The summed E-state index contributed by atoms with van der Waals surface area (Å²) in [6, 6.07) is 2.28. The first kappa shape index (κ1) is 26.1. The van der Waals surface area contributed by atoms with E-state index < -0.39 is 78.3 Å². The summed E-state index contributed by atoms with van der Waals surface area (Å²) in [4.78, 5) is 57.4. The third-order valence-corrected chi connectivity index (χ3v) is 3.64. The predicted molar refractivity (Wildman–Crippen MR) is 96.4 cm³/mol. The van der Waals surface area contributed by atoms with Crippen molar-refractivity contribution in [3.63, 3.8) is 0 Å². The highest BCUT2D eigenvalue weighted by molar-refractivity contribution is 5.53. The lowest BCUT2D eigenvalue weighted by molar-refractivity contribution is -0.795. The van der Waals surface area contributed by atoms with Gasteiger partial charge in [0, 0.05) is 6.07 Å². The van der Waals surface area contributed by atoms with Gasteiger partial charge in [0.15, 0.2) is 5.75 Å². The lowest BCUT2D eigenvalue weighted by Gasteiger charge is -2.14. The van der Waals surface area contributed by atoms with E-state index in [1.54, 1.807) is 0 Å². The van der Waals surface area contributed by atoms with E-state index in [-0.39, 0.29) is 0 Å². The van der Waals surface area contributed by atoms with Crippen LogP contribution in [0, 0.1) is 55.8 Å². The molecule has 21 nitrogen and oxygen atoms in total. The Morgan fingerprint density at radius 3 is 2.06 bits per heavy atom. The van der Waals surface area contributed by atoms with Crippen LogP contribution in [0.1, 0.15) is 6.92 Å². The molecule has 33 heavy (non-hydrogen) atoms. The van der Waals surface area contributed by atoms with E-state index in [9.17, 15) is 55.8 Å².